The maximum Gasteiger partial charge on any atom is 0.234 e. The molecule has 3 aromatic rings. The summed E-state index contributed by atoms with van der Waals surface area (Å²) in [5.41, 5.74) is 4.42. The minimum absolute atomic E-state index is 0.0743. The molecule has 1 amide bonds. The Morgan fingerprint density at radius 1 is 1.06 bits per heavy atom. The first-order valence-corrected chi connectivity index (χ1v) is 11.2. The van der Waals surface area contributed by atoms with Gasteiger partial charge in [-0.15, -0.1) is 10.2 Å². The number of rotatable bonds is 7. The number of aryl methyl sites for hydroxylation is 2. The maximum absolute atomic E-state index is 12.3. The predicted octanol–water partition coefficient (Wildman–Crippen LogP) is 5.04. The van der Waals surface area contributed by atoms with Crippen LogP contribution in [0.25, 0.3) is 0 Å². The molecule has 0 saturated heterocycles. The van der Waals surface area contributed by atoms with Crippen molar-refractivity contribution in [3.63, 3.8) is 0 Å². The standard InChI is InChI=1S/C24H30N4O2S/c1-16-11-17(2)13-19(12-16)25-22(29)15-31-23-27-26-21(28(23)6)14-30-20-9-7-18(8-10-20)24(3,4)5/h7-13H,14-15H2,1-6H3,(H,25,29). The van der Waals surface area contributed by atoms with Crippen LogP contribution in [-0.4, -0.2) is 26.4 Å². The topological polar surface area (TPSA) is 69.0 Å². The lowest BCUT2D eigenvalue weighted by molar-refractivity contribution is -0.113. The van der Waals surface area contributed by atoms with Gasteiger partial charge in [0.25, 0.3) is 0 Å². The van der Waals surface area contributed by atoms with Gasteiger partial charge in [-0.3, -0.25) is 4.79 Å². The summed E-state index contributed by atoms with van der Waals surface area (Å²) in [6.07, 6.45) is 0. The Morgan fingerprint density at radius 2 is 1.71 bits per heavy atom. The van der Waals surface area contributed by atoms with E-state index in [1.54, 1.807) is 0 Å². The first kappa shape index (κ1) is 22.9. The van der Waals surface area contributed by atoms with Crippen LogP contribution < -0.4 is 10.1 Å². The van der Waals surface area contributed by atoms with Crippen molar-refractivity contribution in [2.24, 2.45) is 7.05 Å². The van der Waals surface area contributed by atoms with Crippen molar-refractivity contribution >= 4 is 23.4 Å². The number of nitrogens with zero attached hydrogens (tertiary/aromatic N) is 3. The van der Waals surface area contributed by atoms with Crippen LogP contribution in [0.5, 0.6) is 5.75 Å². The van der Waals surface area contributed by atoms with Gasteiger partial charge in [-0.05, 0) is 60.2 Å². The van der Waals surface area contributed by atoms with E-state index in [1.165, 1.54) is 17.3 Å². The normalized spacial score (nSPS) is 11.4. The largest absolute Gasteiger partial charge is 0.486 e. The Kier molecular flexibility index (Phi) is 7.05. The maximum atomic E-state index is 12.3. The minimum Gasteiger partial charge on any atom is -0.486 e. The van der Waals surface area contributed by atoms with Crippen LogP contribution in [0.4, 0.5) is 5.69 Å². The molecule has 0 bridgehead atoms. The molecule has 0 atom stereocenters. The molecular weight excluding hydrogens is 408 g/mol. The van der Waals surface area contributed by atoms with Gasteiger partial charge in [0.05, 0.1) is 5.75 Å². The molecule has 0 spiro atoms. The lowest BCUT2D eigenvalue weighted by Crippen LogP contribution is -2.14. The van der Waals surface area contributed by atoms with E-state index in [2.05, 4.69) is 54.5 Å². The van der Waals surface area contributed by atoms with Crippen LogP contribution in [0.1, 0.15) is 43.3 Å². The lowest BCUT2D eigenvalue weighted by Gasteiger charge is -2.19. The molecule has 2 aromatic carbocycles. The van der Waals surface area contributed by atoms with Crippen molar-refractivity contribution < 1.29 is 9.53 Å². The first-order valence-electron chi connectivity index (χ1n) is 10.2. The van der Waals surface area contributed by atoms with Crippen LogP contribution in [-0.2, 0) is 23.9 Å². The second-order valence-electron chi connectivity index (χ2n) is 8.73. The number of benzene rings is 2. The Labute approximate surface area is 188 Å². The summed E-state index contributed by atoms with van der Waals surface area (Å²) >= 11 is 1.35. The smallest absolute Gasteiger partial charge is 0.234 e. The zero-order chi connectivity index (χ0) is 22.6. The lowest BCUT2D eigenvalue weighted by atomic mass is 9.87. The van der Waals surface area contributed by atoms with E-state index in [-0.39, 0.29) is 17.1 Å². The van der Waals surface area contributed by atoms with Gasteiger partial charge in [0.2, 0.25) is 5.91 Å². The number of anilines is 1. The molecule has 0 saturated carbocycles. The molecule has 31 heavy (non-hydrogen) atoms. The monoisotopic (exact) mass is 438 g/mol. The van der Waals surface area contributed by atoms with E-state index in [0.29, 0.717) is 17.6 Å². The van der Waals surface area contributed by atoms with Crippen molar-refractivity contribution in [3.05, 3.63) is 65.0 Å². The third-order valence-corrected chi connectivity index (χ3v) is 5.87. The van der Waals surface area contributed by atoms with Crippen LogP contribution in [0.15, 0.2) is 47.6 Å². The Bertz CT molecular complexity index is 1030. The summed E-state index contributed by atoms with van der Waals surface area (Å²) in [6, 6.07) is 14.1. The second-order valence-corrected chi connectivity index (χ2v) is 9.68. The summed E-state index contributed by atoms with van der Waals surface area (Å²) in [7, 11) is 1.88. The van der Waals surface area contributed by atoms with E-state index in [9.17, 15) is 4.79 Å². The van der Waals surface area contributed by atoms with E-state index in [4.69, 9.17) is 4.74 Å². The SMILES string of the molecule is Cc1cc(C)cc(NC(=O)CSc2nnc(COc3ccc(C(C)(C)C)cc3)n2C)c1. The van der Waals surface area contributed by atoms with Gasteiger partial charge in [0.1, 0.15) is 12.4 Å². The van der Waals surface area contributed by atoms with Gasteiger partial charge in [0, 0.05) is 12.7 Å². The van der Waals surface area contributed by atoms with Crippen LogP contribution in [0.2, 0.25) is 0 Å². The molecule has 0 fully saturated rings. The number of carbonyl (C=O) groups is 1. The van der Waals surface area contributed by atoms with E-state index in [1.807, 2.05) is 49.7 Å². The van der Waals surface area contributed by atoms with Gasteiger partial charge in [-0.1, -0.05) is 50.7 Å². The molecule has 0 radical (unpaired) electrons. The molecule has 3 rings (SSSR count). The number of hydrogen-bond donors (Lipinski definition) is 1. The van der Waals surface area contributed by atoms with Crippen molar-refractivity contribution in [3.8, 4) is 5.75 Å². The molecule has 0 unspecified atom stereocenters. The highest BCUT2D eigenvalue weighted by molar-refractivity contribution is 7.99. The van der Waals surface area contributed by atoms with E-state index in [0.717, 1.165) is 22.6 Å². The summed E-state index contributed by atoms with van der Waals surface area (Å²) in [4.78, 5) is 12.3. The summed E-state index contributed by atoms with van der Waals surface area (Å²) in [6.45, 7) is 10.9. The van der Waals surface area contributed by atoms with Crippen molar-refractivity contribution in [1.29, 1.82) is 0 Å². The molecule has 0 aliphatic rings. The number of ether oxygens (including phenoxy) is 1. The average Bonchev–Trinajstić information content (AvgIpc) is 3.03. The molecule has 0 aliphatic heterocycles. The number of thioether (sulfide) groups is 1. The van der Waals surface area contributed by atoms with E-state index >= 15 is 0 Å². The Balaban J connectivity index is 1.53. The quantitative estimate of drug-likeness (QED) is 0.524. The number of hydrogen-bond acceptors (Lipinski definition) is 5. The summed E-state index contributed by atoms with van der Waals surface area (Å²) < 4.78 is 7.73. The number of aromatic nitrogens is 3. The van der Waals surface area contributed by atoms with Gasteiger partial charge >= 0.3 is 0 Å². The van der Waals surface area contributed by atoms with Gasteiger partial charge in [0.15, 0.2) is 11.0 Å². The van der Waals surface area contributed by atoms with Crippen molar-refractivity contribution in [2.75, 3.05) is 11.1 Å². The van der Waals surface area contributed by atoms with Gasteiger partial charge in [-0.2, -0.15) is 0 Å². The van der Waals surface area contributed by atoms with Crippen LogP contribution in [0, 0.1) is 13.8 Å². The average molecular weight is 439 g/mol. The first-order chi connectivity index (χ1) is 14.6. The van der Waals surface area contributed by atoms with Crippen molar-refractivity contribution in [1.82, 2.24) is 14.8 Å². The Morgan fingerprint density at radius 3 is 2.32 bits per heavy atom. The summed E-state index contributed by atoms with van der Waals surface area (Å²) in [5, 5.41) is 12.0. The highest BCUT2D eigenvalue weighted by atomic mass is 32.2. The predicted molar refractivity (Wildman–Crippen MR) is 126 cm³/mol. The molecule has 7 heteroatoms. The third kappa shape index (κ3) is 6.34. The molecule has 6 nitrogen and oxygen atoms in total. The van der Waals surface area contributed by atoms with Gasteiger partial charge < -0.3 is 14.6 Å². The fourth-order valence-corrected chi connectivity index (χ4v) is 3.90. The Hall–Kier alpha value is -2.80. The second kappa shape index (κ2) is 9.56. The van der Waals surface area contributed by atoms with Crippen LogP contribution in [0.3, 0.4) is 0 Å². The number of amides is 1. The molecular formula is C24H30N4O2S. The number of nitrogens with one attached hydrogen (secondary N) is 1. The fraction of sp³-hybridized carbons (Fsp3) is 0.375. The molecule has 1 heterocycles. The highest BCUT2D eigenvalue weighted by Gasteiger charge is 2.14. The minimum atomic E-state index is -0.0743. The zero-order valence-electron chi connectivity index (χ0n) is 19.0. The van der Waals surface area contributed by atoms with E-state index < -0.39 is 0 Å². The molecule has 1 N–H and O–H groups in total. The molecule has 1 aromatic heterocycles. The zero-order valence-corrected chi connectivity index (χ0v) is 19.8. The van der Waals surface area contributed by atoms with Crippen LogP contribution >= 0.6 is 11.8 Å². The van der Waals surface area contributed by atoms with Gasteiger partial charge in [-0.25, -0.2) is 0 Å². The fourth-order valence-electron chi connectivity index (χ4n) is 3.17. The summed E-state index contributed by atoms with van der Waals surface area (Å²) in [5.74, 6) is 1.68. The van der Waals surface area contributed by atoms with Crippen molar-refractivity contribution in [2.45, 2.75) is 51.8 Å². The number of carbonyl (C=O) groups excluding carboxylic acids is 1. The molecule has 164 valence electrons. The molecule has 0 aliphatic carbocycles. The third-order valence-electron chi connectivity index (χ3n) is 4.85. The highest BCUT2D eigenvalue weighted by Crippen LogP contribution is 2.25.